The van der Waals surface area contributed by atoms with Gasteiger partial charge in [-0.3, -0.25) is 10.1 Å². The van der Waals surface area contributed by atoms with Crippen molar-refractivity contribution in [2.24, 2.45) is 0 Å². The summed E-state index contributed by atoms with van der Waals surface area (Å²) >= 11 is 4.77. The molecule has 19 heavy (non-hydrogen) atoms. The Kier molecular flexibility index (Phi) is 3.28. The van der Waals surface area contributed by atoms with Crippen LogP contribution in [0.15, 0.2) is 28.1 Å². The minimum absolute atomic E-state index is 0.184. The number of nitrogens with zero attached hydrogens (tertiary/aromatic N) is 1. The van der Waals surface area contributed by atoms with Gasteiger partial charge in [-0.2, -0.15) is 0 Å². The molecule has 6 heteroatoms. The molecule has 3 N–H and O–H groups in total. The third-order valence-electron chi connectivity index (χ3n) is 3.00. The number of hydrogen-bond acceptors (Lipinski definition) is 4. The molecule has 0 radical (unpaired) electrons. The number of nitrogens with two attached hydrogens (primary N) is 1. The van der Waals surface area contributed by atoms with Crippen LogP contribution in [0.5, 0.6) is 0 Å². The number of halogens is 1. The number of nitrogen functional groups attached to an aromatic ring is 1. The van der Waals surface area contributed by atoms with E-state index in [1.807, 2.05) is 5.38 Å². The first-order valence-corrected chi connectivity index (χ1v) is 7.62. The van der Waals surface area contributed by atoms with Crippen molar-refractivity contribution in [3.8, 4) is 0 Å². The van der Waals surface area contributed by atoms with Crippen LogP contribution < -0.4 is 11.1 Å². The van der Waals surface area contributed by atoms with Gasteiger partial charge in [0.1, 0.15) is 0 Å². The van der Waals surface area contributed by atoms with Crippen LogP contribution in [0, 0.1) is 0 Å². The average molecular weight is 338 g/mol. The lowest BCUT2D eigenvalue weighted by atomic mass is 10.2. The molecule has 0 saturated heterocycles. The van der Waals surface area contributed by atoms with Crippen LogP contribution in [-0.4, -0.2) is 10.9 Å². The molecule has 1 aliphatic carbocycles. The Morgan fingerprint density at radius 3 is 2.95 bits per heavy atom. The van der Waals surface area contributed by atoms with Gasteiger partial charge in [0, 0.05) is 27.0 Å². The number of rotatable bonds is 3. The fourth-order valence-corrected chi connectivity index (χ4v) is 2.80. The highest BCUT2D eigenvalue weighted by Crippen LogP contribution is 2.40. The Morgan fingerprint density at radius 2 is 2.26 bits per heavy atom. The summed E-state index contributed by atoms with van der Waals surface area (Å²) in [4.78, 5) is 16.5. The van der Waals surface area contributed by atoms with Gasteiger partial charge < -0.3 is 5.73 Å². The van der Waals surface area contributed by atoms with Crippen LogP contribution in [0.3, 0.4) is 0 Å². The highest BCUT2D eigenvalue weighted by atomic mass is 79.9. The zero-order valence-corrected chi connectivity index (χ0v) is 12.4. The van der Waals surface area contributed by atoms with Gasteiger partial charge in [0.25, 0.3) is 5.91 Å². The minimum atomic E-state index is -0.184. The molecule has 1 amide bonds. The molecule has 0 bridgehead atoms. The lowest BCUT2D eigenvalue weighted by molar-refractivity contribution is 0.102. The fraction of sp³-hybridized carbons (Fsp3) is 0.231. The summed E-state index contributed by atoms with van der Waals surface area (Å²) in [5, 5.41) is 5.47. The van der Waals surface area contributed by atoms with E-state index < -0.39 is 0 Å². The third kappa shape index (κ3) is 2.79. The molecule has 1 heterocycles. The second-order valence-corrected chi connectivity index (χ2v) is 6.25. The number of carbonyl (C=O) groups excluding carboxylic acids is 1. The second-order valence-electron chi connectivity index (χ2n) is 4.54. The monoisotopic (exact) mass is 337 g/mol. The average Bonchev–Trinajstić information content (AvgIpc) is 3.14. The molecular weight excluding hydrogens is 326 g/mol. The van der Waals surface area contributed by atoms with E-state index in [1.54, 1.807) is 18.2 Å². The molecule has 0 aliphatic heterocycles. The van der Waals surface area contributed by atoms with E-state index in [2.05, 4.69) is 26.2 Å². The molecule has 1 aliphatic rings. The molecular formula is C13H12BrN3OS. The minimum Gasteiger partial charge on any atom is -0.398 e. The Labute approximate surface area is 123 Å². The first-order chi connectivity index (χ1) is 9.13. The van der Waals surface area contributed by atoms with Crippen LogP contribution in [0.25, 0.3) is 0 Å². The molecule has 0 atom stereocenters. The Hall–Kier alpha value is -1.40. The molecule has 1 fully saturated rings. The highest BCUT2D eigenvalue weighted by Gasteiger charge is 2.26. The summed E-state index contributed by atoms with van der Waals surface area (Å²) in [5.74, 6) is 0.418. The highest BCUT2D eigenvalue weighted by molar-refractivity contribution is 9.10. The van der Waals surface area contributed by atoms with Crippen LogP contribution in [0.1, 0.15) is 34.8 Å². The largest absolute Gasteiger partial charge is 0.398 e. The maximum atomic E-state index is 12.1. The van der Waals surface area contributed by atoms with E-state index in [1.165, 1.54) is 24.2 Å². The van der Waals surface area contributed by atoms with Gasteiger partial charge >= 0.3 is 0 Å². The van der Waals surface area contributed by atoms with Crippen molar-refractivity contribution < 1.29 is 4.79 Å². The van der Waals surface area contributed by atoms with Crippen LogP contribution in [0.4, 0.5) is 10.8 Å². The predicted octanol–water partition coefficient (Wildman–Crippen LogP) is 3.62. The third-order valence-corrected chi connectivity index (χ3v) is 4.49. The number of thiazole rings is 1. The van der Waals surface area contributed by atoms with Gasteiger partial charge in [0.05, 0.1) is 5.69 Å². The van der Waals surface area contributed by atoms with E-state index in [4.69, 9.17) is 5.73 Å². The molecule has 98 valence electrons. The molecule has 0 unspecified atom stereocenters. The summed E-state index contributed by atoms with van der Waals surface area (Å²) in [6, 6.07) is 5.14. The first-order valence-electron chi connectivity index (χ1n) is 5.95. The van der Waals surface area contributed by atoms with Crippen molar-refractivity contribution in [2.45, 2.75) is 18.8 Å². The van der Waals surface area contributed by atoms with E-state index >= 15 is 0 Å². The Balaban J connectivity index is 1.74. The summed E-state index contributed by atoms with van der Waals surface area (Å²) in [5.41, 5.74) is 7.94. The first kappa shape index (κ1) is 12.6. The van der Waals surface area contributed by atoms with E-state index in [0.29, 0.717) is 22.3 Å². The molecule has 0 spiro atoms. The molecule has 1 saturated carbocycles. The number of benzene rings is 1. The van der Waals surface area contributed by atoms with Crippen molar-refractivity contribution in [3.63, 3.8) is 0 Å². The number of hydrogen-bond donors (Lipinski definition) is 2. The maximum Gasteiger partial charge on any atom is 0.257 e. The Morgan fingerprint density at radius 1 is 1.47 bits per heavy atom. The fourth-order valence-electron chi connectivity index (χ4n) is 1.76. The van der Waals surface area contributed by atoms with Gasteiger partial charge in [-0.05, 0) is 47.0 Å². The quantitative estimate of drug-likeness (QED) is 0.840. The molecule has 2 aromatic rings. The standard InChI is InChI=1S/C13H12BrN3OS/c14-9-4-3-8(5-10(9)15)12(18)17-13-16-11(6-19-13)7-1-2-7/h3-7H,1-2,15H2,(H,16,17,18). The summed E-state index contributed by atoms with van der Waals surface area (Å²) in [6.45, 7) is 0. The van der Waals surface area contributed by atoms with Crippen molar-refractivity contribution >= 4 is 44.0 Å². The molecule has 3 rings (SSSR count). The van der Waals surface area contributed by atoms with E-state index in [0.717, 1.165) is 10.2 Å². The van der Waals surface area contributed by atoms with Gasteiger partial charge in [-0.1, -0.05) is 0 Å². The normalized spacial score (nSPS) is 14.4. The lowest BCUT2D eigenvalue weighted by Crippen LogP contribution is -2.12. The predicted molar refractivity (Wildman–Crippen MR) is 80.6 cm³/mol. The van der Waals surface area contributed by atoms with Crippen LogP contribution >= 0.6 is 27.3 Å². The number of aromatic nitrogens is 1. The van der Waals surface area contributed by atoms with Crippen molar-refractivity contribution in [3.05, 3.63) is 39.3 Å². The SMILES string of the molecule is Nc1cc(C(=O)Nc2nc(C3CC3)cs2)ccc1Br. The van der Waals surface area contributed by atoms with E-state index in [-0.39, 0.29) is 5.91 Å². The van der Waals surface area contributed by atoms with Crippen LogP contribution in [-0.2, 0) is 0 Å². The number of carbonyl (C=O) groups is 1. The van der Waals surface area contributed by atoms with Crippen molar-refractivity contribution in [1.82, 2.24) is 4.98 Å². The van der Waals surface area contributed by atoms with Gasteiger partial charge in [0.15, 0.2) is 5.13 Å². The van der Waals surface area contributed by atoms with Gasteiger partial charge in [0.2, 0.25) is 0 Å². The molecule has 1 aromatic heterocycles. The molecule has 4 nitrogen and oxygen atoms in total. The molecule has 1 aromatic carbocycles. The summed E-state index contributed by atoms with van der Waals surface area (Å²) in [6.07, 6.45) is 2.42. The summed E-state index contributed by atoms with van der Waals surface area (Å²) < 4.78 is 0.786. The maximum absolute atomic E-state index is 12.1. The zero-order chi connectivity index (χ0) is 13.4. The zero-order valence-electron chi connectivity index (χ0n) is 10.0. The number of nitrogens with one attached hydrogen (secondary N) is 1. The van der Waals surface area contributed by atoms with Crippen molar-refractivity contribution in [1.29, 1.82) is 0 Å². The van der Waals surface area contributed by atoms with E-state index in [9.17, 15) is 4.79 Å². The second kappa shape index (κ2) is 4.94. The number of amides is 1. The topological polar surface area (TPSA) is 68.0 Å². The lowest BCUT2D eigenvalue weighted by Gasteiger charge is -2.04. The van der Waals surface area contributed by atoms with Crippen LogP contribution in [0.2, 0.25) is 0 Å². The smallest absolute Gasteiger partial charge is 0.257 e. The number of anilines is 2. The Bertz CT molecular complexity index is 637. The summed E-state index contributed by atoms with van der Waals surface area (Å²) in [7, 11) is 0. The van der Waals surface area contributed by atoms with Gasteiger partial charge in [-0.25, -0.2) is 4.98 Å². The van der Waals surface area contributed by atoms with Crippen molar-refractivity contribution in [2.75, 3.05) is 11.1 Å². The van der Waals surface area contributed by atoms with Gasteiger partial charge in [-0.15, -0.1) is 11.3 Å².